The number of nitrogens with one attached hydrogen (secondary N) is 2. The molecule has 55 heavy (non-hydrogen) atoms. The number of carbonyl (C=O) groups is 5. The maximum absolute atomic E-state index is 15.0. The Morgan fingerprint density at radius 3 is 2.27 bits per heavy atom. The van der Waals surface area contributed by atoms with Crippen LogP contribution in [0.2, 0.25) is 0 Å². The molecule has 2 aromatic carbocycles. The summed E-state index contributed by atoms with van der Waals surface area (Å²) in [5.74, 6) is -3.16. The number of benzene rings is 2. The average molecular weight is 762 g/mol. The Labute approximate surface area is 318 Å². The Morgan fingerprint density at radius 2 is 1.64 bits per heavy atom. The minimum Gasteiger partial charge on any atom is -0.387 e. The van der Waals surface area contributed by atoms with Gasteiger partial charge in [-0.05, 0) is 61.3 Å². The standard InChI is InChI=1S/C40H49F2N7O6/c1-40(2,3)36(37-46-32(29-21-27(41)11-14-30(29)42)23-47(37)22-25-7-5-4-6-8-25)48(35(53)24-50)20-17-31(43)39(55)45-19-18-44-38(54)26-9-12-28(13-10-26)49-33(51)15-16-34(49)52/h4-8,11,14-16,21,23,26,28,31,36,50H,9-10,12-13,17-20,22,24,43H2,1-3H3,(H,44,54)(H,45,55)/t26?,28?,31-,36-/m0/s1. The van der Waals surface area contributed by atoms with Crippen LogP contribution in [-0.4, -0.2) is 92.3 Å². The molecule has 0 radical (unpaired) electrons. The predicted octanol–water partition coefficient (Wildman–Crippen LogP) is 3.22. The van der Waals surface area contributed by atoms with Crippen molar-refractivity contribution in [1.82, 2.24) is 30.0 Å². The largest absolute Gasteiger partial charge is 0.387 e. The fourth-order valence-corrected chi connectivity index (χ4v) is 7.29. The Kier molecular flexibility index (Phi) is 13.3. The van der Waals surface area contributed by atoms with Crippen molar-refractivity contribution < 1.29 is 37.9 Å². The SMILES string of the molecule is CC(C)(C)[C@H](c1nc(-c2cc(F)ccc2F)cn1Cc1ccccc1)N(CC[C@H](N)C(=O)NCCNC(=O)C1CCC(N2C(=O)C=CC2=O)CC1)C(=O)CO. The molecule has 0 bridgehead atoms. The smallest absolute Gasteiger partial charge is 0.253 e. The Hall–Kier alpha value is -5.28. The normalized spacial score (nSPS) is 18.3. The maximum atomic E-state index is 15.0. The number of aliphatic hydroxyl groups excluding tert-OH is 1. The highest BCUT2D eigenvalue weighted by Crippen LogP contribution is 2.39. The number of halogens is 2. The van der Waals surface area contributed by atoms with Crippen LogP contribution in [0.4, 0.5) is 8.78 Å². The molecule has 1 aliphatic carbocycles. The first-order valence-corrected chi connectivity index (χ1v) is 18.5. The topological polar surface area (TPSA) is 180 Å². The molecule has 5 amide bonds. The van der Waals surface area contributed by atoms with Gasteiger partial charge in [0, 0.05) is 62.1 Å². The third-order valence-electron chi connectivity index (χ3n) is 10.1. The van der Waals surface area contributed by atoms with Gasteiger partial charge < -0.3 is 30.9 Å². The average Bonchev–Trinajstić information content (AvgIpc) is 3.72. The molecule has 2 heterocycles. The minimum absolute atomic E-state index is 0.0159. The summed E-state index contributed by atoms with van der Waals surface area (Å²) >= 11 is 0. The van der Waals surface area contributed by atoms with Crippen LogP contribution >= 0.6 is 0 Å². The van der Waals surface area contributed by atoms with E-state index >= 15 is 0 Å². The lowest BCUT2D eigenvalue weighted by molar-refractivity contribution is -0.141. The van der Waals surface area contributed by atoms with Gasteiger partial charge >= 0.3 is 0 Å². The molecule has 2 aliphatic rings. The van der Waals surface area contributed by atoms with Gasteiger partial charge in [-0.1, -0.05) is 51.1 Å². The lowest BCUT2D eigenvalue weighted by atomic mass is 9.84. The van der Waals surface area contributed by atoms with Crippen molar-refractivity contribution in [3.63, 3.8) is 0 Å². The van der Waals surface area contributed by atoms with Crippen LogP contribution in [0.3, 0.4) is 0 Å². The molecule has 13 nitrogen and oxygen atoms in total. The van der Waals surface area contributed by atoms with Gasteiger partial charge in [-0.25, -0.2) is 13.8 Å². The third-order valence-corrected chi connectivity index (χ3v) is 10.1. The van der Waals surface area contributed by atoms with Crippen LogP contribution in [0.15, 0.2) is 66.9 Å². The fraction of sp³-hybridized carbons (Fsp3) is 0.450. The van der Waals surface area contributed by atoms with Gasteiger partial charge in [-0.2, -0.15) is 0 Å². The van der Waals surface area contributed by atoms with Gasteiger partial charge in [0.15, 0.2) is 0 Å². The van der Waals surface area contributed by atoms with Gasteiger partial charge in [0.05, 0.1) is 17.8 Å². The molecule has 1 aliphatic heterocycles. The molecular formula is C40H49F2N7O6. The minimum atomic E-state index is -1.05. The molecule has 5 rings (SSSR count). The van der Waals surface area contributed by atoms with E-state index < -0.39 is 47.6 Å². The Bertz CT molecular complexity index is 1880. The number of imide groups is 1. The van der Waals surface area contributed by atoms with E-state index in [0.717, 1.165) is 23.8 Å². The van der Waals surface area contributed by atoms with Gasteiger partial charge in [-0.15, -0.1) is 0 Å². The van der Waals surface area contributed by atoms with Crippen LogP contribution in [0.1, 0.15) is 70.3 Å². The van der Waals surface area contributed by atoms with Crippen LogP contribution in [-0.2, 0) is 30.5 Å². The molecule has 0 spiro atoms. The van der Waals surface area contributed by atoms with Crippen LogP contribution in [0.25, 0.3) is 11.3 Å². The van der Waals surface area contributed by atoms with Crippen molar-refractivity contribution in [3.05, 3.63) is 89.9 Å². The number of amides is 5. The van der Waals surface area contributed by atoms with E-state index in [0.29, 0.717) is 38.1 Å². The molecule has 2 atom stereocenters. The van der Waals surface area contributed by atoms with Crippen LogP contribution < -0.4 is 16.4 Å². The third kappa shape index (κ3) is 10.1. The van der Waals surface area contributed by atoms with E-state index in [-0.39, 0.29) is 67.0 Å². The van der Waals surface area contributed by atoms with Gasteiger partial charge in [0.25, 0.3) is 11.8 Å². The second kappa shape index (κ2) is 17.9. The molecule has 1 aromatic heterocycles. The second-order valence-corrected chi connectivity index (χ2v) is 15.1. The summed E-state index contributed by atoms with van der Waals surface area (Å²) < 4.78 is 31.1. The first kappa shape index (κ1) is 40.9. The van der Waals surface area contributed by atoms with Crippen molar-refractivity contribution in [2.75, 3.05) is 26.2 Å². The molecular weight excluding hydrogens is 712 g/mol. The Morgan fingerprint density at radius 1 is 0.982 bits per heavy atom. The number of nitrogens with two attached hydrogens (primary N) is 1. The zero-order valence-electron chi connectivity index (χ0n) is 31.3. The quantitative estimate of drug-likeness (QED) is 0.135. The van der Waals surface area contributed by atoms with Gasteiger partial charge in [0.2, 0.25) is 17.7 Å². The maximum Gasteiger partial charge on any atom is 0.253 e. The van der Waals surface area contributed by atoms with Crippen molar-refractivity contribution >= 4 is 29.5 Å². The molecule has 0 unspecified atom stereocenters. The summed E-state index contributed by atoms with van der Waals surface area (Å²) in [6.45, 7) is 5.36. The molecule has 5 N–H and O–H groups in total. The summed E-state index contributed by atoms with van der Waals surface area (Å²) in [5, 5.41) is 15.6. The van der Waals surface area contributed by atoms with E-state index in [9.17, 15) is 37.9 Å². The highest BCUT2D eigenvalue weighted by molar-refractivity contribution is 6.13. The Balaban J connectivity index is 1.22. The zero-order valence-corrected chi connectivity index (χ0v) is 31.3. The second-order valence-electron chi connectivity index (χ2n) is 15.1. The number of nitrogens with zero attached hydrogens (tertiary/aromatic N) is 4. The predicted molar refractivity (Wildman–Crippen MR) is 199 cm³/mol. The number of carbonyl (C=O) groups excluding carboxylic acids is 5. The number of aliphatic hydroxyl groups is 1. The summed E-state index contributed by atoms with van der Waals surface area (Å²) in [6.07, 6.45) is 6.27. The van der Waals surface area contributed by atoms with E-state index in [1.54, 1.807) is 10.8 Å². The first-order chi connectivity index (χ1) is 26.2. The van der Waals surface area contributed by atoms with E-state index in [4.69, 9.17) is 10.7 Å². The van der Waals surface area contributed by atoms with Crippen molar-refractivity contribution in [2.45, 2.75) is 77.5 Å². The highest BCUT2D eigenvalue weighted by Gasteiger charge is 2.39. The van der Waals surface area contributed by atoms with E-state index in [2.05, 4.69) is 10.6 Å². The number of aromatic nitrogens is 2. The van der Waals surface area contributed by atoms with Gasteiger partial charge in [-0.3, -0.25) is 28.9 Å². The number of hydrogen-bond donors (Lipinski definition) is 4. The molecule has 0 saturated heterocycles. The molecule has 1 saturated carbocycles. The molecule has 1 fully saturated rings. The van der Waals surface area contributed by atoms with E-state index in [1.807, 2.05) is 51.1 Å². The summed E-state index contributed by atoms with van der Waals surface area (Å²) in [4.78, 5) is 70.7. The summed E-state index contributed by atoms with van der Waals surface area (Å²) in [6, 6.07) is 10.5. The van der Waals surface area contributed by atoms with Crippen molar-refractivity contribution in [2.24, 2.45) is 17.1 Å². The number of rotatable bonds is 15. The summed E-state index contributed by atoms with van der Waals surface area (Å²) in [5.41, 5.74) is 6.60. The first-order valence-electron chi connectivity index (χ1n) is 18.5. The zero-order chi connectivity index (χ0) is 39.9. The molecule has 15 heteroatoms. The lowest BCUT2D eigenvalue weighted by Gasteiger charge is -2.40. The molecule has 294 valence electrons. The highest BCUT2D eigenvalue weighted by atomic mass is 19.1. The molecule has 3 aromatic rings. The lowest BCUT2D eigenvalue weighted by Crippen LogP contribution is -2.48. The van der Waals surface area contributed by atoms with Crippen molar-refractivity contribution in [1.29, 1.82) is 0 Å². The van der Waals surface area contributed by atoms with E-state index in [1.165, 1.54) is 22.0 Å². The number of imidazole rings is 1. The van der Waals surface area contributed by atoms with Crippen molar-refractivity contribution in [3.8, 4) is 11.3 Å². The van der Waals surface area contributed by atoms with Crippen LogP contribution in [0, 0.1) is 23.0 Å². The van der Waals surface area contributed by atoms with Gasteiger partial charge in [0.1, 0.15) is 24.1 Å². The monoisotopic (exact) mass is 761 g/mol. The fourth-order valence-electron chi connectivity index (χ4n) is 7.29. The summed E-state index contributed by atoms with van der Waals surface area (Å²) in [7, 11) is 0. The van der Waals surface area contributed by atoms with Crippen LogP contribution in [0.5, 0.6) is 0 Å². The number of hydrogen-bond acceptors (Lipinski definition) is 8.